The van der Waals surface area contributed by atoms with Crippen LogP contribution in [0.3, 0.4) is 0 Å². The van der Waals surface area contributed by atoms with E-state index < -0.39 is 6.18 Å². The van der Waals surface area contributed by atoms with E-state index in [-0.39, 0.29) is 16.8 Å². The molecule has 0 amide bonds. The molecule has 4 heteroatoms. The van der Waals surface area contributed by atoms with E-state index >= 15 is 0 Å². The van der Waals surface area contributed by atoms with Crippen LogP contribution in [0.5, 0.6) is 0 Å². The third-order valence-electron chi connectivity index (χ3n) is 0. The lowest BCUT2D eigenvalue weighted by Crippen LogP contribution is -1.95. The Labute approximate surface area is 37.4 Å². The second-order valence-electron chi connectivity index (χ2n) is 0.781. The molecule has 0 N–H and O–H groups in total. The fourth-order valence-corrected chi connectivity index (χ4v) is 0. The van der Waals surface area contributed by atoms with E-state index in [1.54, 1.807) is 0 Å². The van der Waals surface area contributed by atoms with Gasteiger partial charge in [0.1, 0.15) is 0 Å². The molecule has 6 heavy (non-hydrogen) atoms. The van der Waals surface area contributed by atoms with Crippen LogP contribution in [-0.4, -0.2) is 6.18 Å². The van der Waals surface area contributed by atoms with Crippen molar-refractivity contribution in [2.75, 3.05) is 0 Å². The van der Waals surface area contributed by atoms with Crippen molar-refractivity contribution in [1.29, 1.82) is 0 Å². The molecular weight excluding hydrogens is 112 g/mol. The maximum atomic E-state index is 10.4. The van der Waals surface area contributed by atoms with Crippen molar-refractivity contribution < 1.29 is 13.2 Å². The van der Waals surface area contributed by atoms with Crippen molar-refractivity contribution in [3.63, 3.8) is 0 Å². The van der Waals surface area contributed by atoms with E-state index in [0.717, 1.165) is 0 Å². The smallest absolute Gasteiger partial charge is 0.172 e. The Morgan fingerprint density at radius 3 is 1.17 bits per heavy atom. The van der Waals surface area contributed by atoms with Gasteiger partial charge in [-0.1, -0.05) is 0 Å². The first-order valence-electron chi connectivity index (χ1n) is 1.07. The zero-order valence-corrected chi connectivity index (χ0v) is 4.76. The van der Waals surface area contributed by atoms with Crippen LogP contribution < -0.4 is 0 Å². The molecule has 1 unspecified atom stereocenters. The maximum absolute atomic E-state index is 10.4. The SMILES string of the molecule is CC(F)(F)F.P. The number of alkyl halides is 3. The first-order chi connectivity index (χ1) is 2.00. The molecule has 0 aromatic carbocycles. The summed E-state index contributed by atoms with van der Waals surface area (Å²) in [5, 5.41) is 0. The molecule has 40 valence electrons. The predicted molar refractivity (Wildman–Crippen MR) is 22.8 cm³/mol. The van der Waals surface area contributed by atoms with Gasteiger partial charge in [-0.2, -0.15) is 23.1 Å². The summed E-state index contributed by atoms with van der Waals surface area (Å²) in [6.07, 6.45) is -4.00. The Balaban J connectivity index is 0. The largest absolute Gasteiger partial charge is 0.386 e. The van der Waals surface area contributed by atoms with Gasteiger partial charge in [0, 0.05) is 6.92 Å². The van der Waals surface area contributed by atoms with Crippen LogP contribution in [0.15, 0.2) is 0 Å². The van der Waals surface area contributed by atoms with Gasteiger partial charge in [-0.05, 0) is 0 Å². The highest BCUT2D eigenvalue weighted by molar-refractivity contribution is 6.92. The molecule has 0 fully saturated rings. The first-order valence-corrected chi connectivity index (χ1v) is 1.07. The molecule has 0 bridgehead atoms. The van der Waals surface area contributed by atoms with Gasteiger partial charge in [0.2, 0.25) is 0 Å². The normalized spacial score (nSPS) is 10.0. The van der Waals surface area contributed by atoms with E-state index in [1.165, 1.54) is 0 Å². The third kappa shape index (κ3) is 904. The lowest BCUT2D eigenvalue weighted by atomic mass is 10.8. The first kappa shape index (κ1) is 9.52. The fraction of sp³-hybridized carbons (Fsp3) is 1.00. The molecule has 1 atom stereocenters. The van der Waals surface area contributed by atoms with Gasteiger partial charge in [-0.3, -0.25) is 0 Å². The Bertz CT molecular complexity index is 24.3. The molecule has 0 saturated carbocycles. The Morgan fingerprint density at radius 2 is 1.17 bits per heavy atom. The van der Waals surface area contributed by atoms with E-state index in [2.05, 4.69) is 0 Å². The standard InChI is InChI=1S/C2H3F3.H3P/c1-2(3,4)5;/h1H3;1H3. The summed E-state index contributed by atoms with van der Waals surface area (Å²) in [6.45, 7) is 0.188. The van der Waals surface area contributed by atoms with E-state index in [4.69, 9.17) is 0 Å². The van der Waals surface area contributed by atoms with Crippen LogP contribution in [-0.2, 0) is 0 Å². The number of halogens is 3. The molecule has 0 rings (SSSR count). The van der Waals surface area contributed by atoms with Crippen molar-refractivity contribution in [1.82, 2.24) is 0 Å². The van der Waals surface area contributed by atoms with Crippen LogP contribution in [0, 0.1) is 0 Å². The number of rotatable bonds is 0. The topological polar surface area (TPSA) is 0 Å². The van der Waals surface area contributed by atoms with Crippen molar-refractivity contribution in [2.24, 2.45) is 0 Å². The summed E-state index contributed by atoms with van der Waals surface area (Å²) in [4.78, 5) is 0. The van der Waals surface area contributed by atoms with Gasteiger partial charge in [0.25, 0.3) is 0 Å². The molecule has 0 aromatic heterocycles. The van der Waals surface area contributed by atoms with Crippen LogP contribution >= 0.6 is 9.90 Å². The third-order valence-corrected chi connectivity index (χ3v) is 0. The van der Waals surface area contributed by atoms with Crippen LogP contribution in [0.1, 0.15) is 6.92 Å². The van der Waals surface area contributed by atoms with Crippen molar-refractivity contribution in [2.45, 2.75) is 13.1 Å². The maximum Gasteiger partial charge on any atom is 0.386 e. The highest BCUT2D eigenvalue weighted by atomic mass is 31.0. The minimum atomic E-state index is -4.00. The number of hydrogen-bond acceptors (Lipinski definition) is 0. The van der Waals surface area contributed by atoms with Crippen LogP contribution in [0.25, 0.3) is 0 Å². The minimum absolute atomic E-state index is 0. The molecule has 0 saturated heterocycles. The van der Waals surface area contributed by atoms with Crippen LogP contribution in [0.2, 0.25) is 0 Å². The summed E-state index contributed by atoms with van der Waals surface area (Å²) in [6, 6.07) is 0. The van der Waals surface area contributed by atoms with E-state index in [9.17, 15) is 13.2 Å². The molecule has 0 spiro atoms. The minimum Gasteiger partial charge on any atom is -0.172 e. The van der Waals surface area contributed by atoms with Gasteiger partial charge >= 0.3 is 6.18 Å². The molecular formula is C2H6F3P. The highest BCUT2D eigenvalue weighted by Gasteiger charge is 2.15. The van der Waals surface area contributed by atoms with Crippen molar-refractivity contribution in [3.8, 4) is 0 Å². The van der Waals surface area contributed by atoms with Gasteiger partial charge in [0.15, 0.2) is 0 Å². The van der Waals surface area contributed by atoms with Gasteiger partial charge in [-0.25, -0.2) is 0 Å². The summed E-state index contributed by atoms with van der Waals surface area (Å²) in [5.74, 6) is 0. The molecule has 0 aliphatic carbocycles. The molecule has 0 aliphatic rings. The Kier molecular flexibility index (Phi) is 3.81. The molecule has 0 aliphatic heterocycles. The molecule has 0 radical (unpaired) electrons. The average molecular weight is 118 g/mol. The monoisotopic (exact) mass is 118 g/mol. The predicted octanol–water partition coefficient (Wildman–Crippen LogP) is 1.63. The molecule has 0 aromatic rings. The zero-order valence-electron chi connectivity index (χ0n) is 3.34. The Hall–Kier alpha value is 0.220. The van der Waals surface area contributed by atoms with E-state index in [0.29, 0.717) is 0 Å². The second kappa shape index (κ2) is 2.40. The summed E-state index contributed by atoms with van der Waals surface area (Å²) < 4.78 is 31.1. The zero-order chi connectivity index (χ0) is 4.50. The lowest BCUT2D eigenvalue weighted by Gasteiger charge is -1.88. The van der Waals surface area contributed by atoms with Crippen molar-refractivity contribution in [3.05, 3.63) is 0 Å². The summed E-state index contributed by atoms with van der Waals surface area (Å²) in [7, 11) is 0. The Morgan fingerprint density at radius 1 is 1.17 bits per heavy atom. The van der Waals surface area contributed by atoms with Gasteiger partial charge in [0.05, 0.1) is 0 Å². The number of hydrogen-bond donors (Lipinski definition) is 0. The van der Waals surface area contributed by atoms with Gasteiger partial charge in [-0.15, -0.1) is 0 Å². The van der Waals surface area contributed by atoms with Crippen molar-refractivity contribution >= 4 is 9.90 Å². The lowest BCUT2D eigenvalue weighted by molar-refractivity contribution is -0.110. The summed E-state index contributed by atoms with van der Waals surface area (Å²) in [5.41, 5.74) is 0. The van der Waals surface area contributed by atoms with E-state index in [1.807, 2.05) is 0 Å². The second-order valence-corrected chi connectivity index (χ2v) is 0.781. The quantitative estimate of drug-likeness (QED) is 0.424. The van der Waals surface area contributed by atoms with Crippen LogP contribution in [0.4, 0.5) is 13.2 Å². The van der Waals surface area contributed by atoms with Gasteiger partial charge < -0.3 is 0 Å². The summed E-state index contributed by atoms with van der Waals surface area (Å²) >= 11 is 0. The molecule has 0 nitrogen and oxygen atoms in total. The molecule has 0 heterocycles. The average Bonchev–Trinajstić information content (AvgIpc) is 0.722. The fourth-order valence-electron chi connectivity index (χ4n) is 0. The highest BCUT2D eigenvalue weighted by Crippen LogP contribution is 2.10.